The summed E-state index contributed by atoms with van der Waals surface area (Å²) in [6.07, 6.45) is 5.29. The van der Waals surface area contributed by atoms with Crippen LogP contribution in [0.5, 0.6) is 5.75 Å². The van der Waals surface area contributed by atoms with Crippen molar-refractivity contribution in [3.63, 3.8) is 0 Å². The summed E-state index contributed by atoms with van der Waals surface area (Å²) in [4.78, 5) is 11.2. The van der Waals surface area contributed by atoms with Gasteiger partial charge in [-0.2, -0.15) is 0 Å². The van der Waals surface area contributed by atoms with Gasteiger partial charge in [-0.15, -0.1) is 0 Å². The zero-order valence-electron chi connectivity index (χ0n) is 22.5. The summed E-state index contributed by atoms with van der Waals surface area (Å²) in [6.45, 7) is 0.531. The van der Waals surface area contributed by atoms with Crippen LogP contribution in [0.3, 0.4) is 0 Å². The van der Waals surface area contributed by atoms with E-state index in [-0.39, 0.29) is 27.1 Å². The zero-order valence-corrected chi connectivity index (χ0v) is 25.6. The summed E-state index contributed by atoms with van der Waals surface area (Å²) in [6, 6.07) is 31.0. The third kappa shape index (κ3) is 4.52. The van der Waals surface area contributed by atoms with Gasteiger partial charge in [-0.05, 0) is 44.2 Å². The van der Waals surface area contributed by atoms with Gasteiger partial charge < -0.3 is 19.5 Å². The second-order valence-corrected chi connectivity index (χ2v) is 11.6. The minimum atomic E-state index is -0.773. The van der Waals surface area contributed by atoms with Crippen LogP contribution in [0.2, 0.25) is 5.02 Å². The van der Waals surface area contributed by atoms with Crippen molar-refractivity contribution in [3.8, 4) is 5.75 Å². The van der Waals surface area contributed by atoms with Gasteiger partial charge in [0.1, 0.15) is 18.0 Å². The number of halogens is 4. The molecular formula is C33H23BrCl2FN5O. The lowest BCUT2D eigenvalue weighted by Crippen LogP contribution is -2.40. The SMILES string of the molecule is Fc1c(Br)c(Cl)c2c3c1OC(Cl)=CN(Cc1cncn1C(c1ccccc1)(c1ccccc1)c1ccccc1)C3=NCN2. The van der Waals surface area contributed by atoms with Crippen molar-refractivity contribution in [2.24, 2.45) is 4.99 Å². The Balaban J connectivity index is 1.43. The smallest absolute Gasteiger partial charge is 0.210 e. The molecule has 0 fully saturated rings. The molecule has 2 aliphatic rings. The van der Waals surface area contributed by atoms with E-state index in [1.807, 2.05) is 72.0 Å². The number of aliphatic imine (C=N–C) groups is 1. The van der Waals surface area contributed by atoms with Crippen LogP contribution >= 0.6 is 39.1 Å². The highest BCUT2D eigenvalue weighted by Crippen LogP contribution is 2.47. The van der Waals surface area contributed by atoms with Gasteiger partial charge in [0.15, 0.2) is 11.6 Å². The van der Waals surface area contributed by atoms with Crippen molar-refractivity contribution < 1.29 is 9.13 Å². The fourth-order valence-corrected chi connectivity index (χ4v) is 6.74. The third-order valence-electron chi connectivity index (χ3n) is 7.70. The van der Waals surface area contributed by atoms with Crippen LogP contribution < -0.4 is 10.1 Å². The van der Waals surface area contributed by atoms with Crippen LogP contribution in [0.4, 0.5) is 10.1 Å². The van der Waals surface area contributed by atoms with Crippen LogP contribution in [0, 0.1) is 5.82 Å². The maximum atomic E-state index is 15.4. The lowest BCUT2D eigenvalue weighted by molar-refractivity contribution is 0.414. The molecule has 0 saturated heterocycles. The monoisotopic (exact) mass is 673 g/mol. The Morgan fingerprint density at radius 3 is 2.07 bits per heavy atom. The van der Waals surface area contributed by atoms with Crippen LogP contribution in [0.15, 0.2) is 124 Å². The van der Waals surface area contributed by atoms with E-state index >= 15 is 4.39 Å². The van der Waals surface area contributed by atoms with Crippen molar-refractivity contribution in [1.82, 2.24) is 14.5 Å². The van der Waals surface area contributed by atoms with E-state index in [1.165, 1.54) is 0 Å². The Morgan fingerprint density at radius 1 is 0.907 bits per heavy atom. The van der Waals surface area contributed by atoms with E-state index in [4.69, 9.17) is 32.9 Å². The van der Waals surface area contributed by atoms with Crippen molar-refractivity contribution in [1.29, 1.82) is 0 Å². The number of aromatic nitrogens is 2. The number of nitrogens with one attached hydrogen (secondary N) is 1. The van der Waals surface area contributed by atoms with E-state index in [2.05, 4.69) is 67.2 Å². The number of rotatable bonds is 6. The van der Waals surface area contributed by atoms with Crippen LogP contribution in [0.1, 0.15) is 27.9 Å². The van der Waals surface area contributed by atoms with Crippen molar-refractivity contribution in [2.45, 2.75) is 12.1 Å². The molecule has 3 heterocycles. The maximum absolute atomic E-state index is 15.4. The number of nitrogens with zero attached hydrogens (tertiary/aromatic N) is 4. The van der Waals surface area contributed by atoms with Gasteiger partial charge >= 0.3 is 0 Å². The molecule has 0 amide bonds. The summed E-state index contributed by atoms with van der Waals surface area (Å²) in [5, 5.41) is 3.34. The molecule has 1 N–H and O–H groups in total. The van der Waals surface area contributed by atoms with E-state index < -0.39 is 11.4 Å². The first-order valence-electron chi connectivity index (χ1n) is 13.5. The van der Waals surface area contributed by atoms with Crippen LogP contribution in [-0.2, 0) is 12.1 Å². The standard InChI is InChI=1S/C33H23BrCl2FN5O/c34-27-28(36)30-26-31(29(27)37)43-25(35)18-41(32(26)40-19-39-30)17-24-16-38-20-42(24)33(21-10-4-1-5-11-21,22-12-6-2-7-13-22)23-14-8-3-9-15-23/h1-16,18,20,39H,17,19H2. The molecule has 43 heavy (non-hydrogen) atoms. The predicted octanol–water partition coefficient (Wildman–Crippen LogP) is 8.34. The highest BCUT2D eigenvalue weighted by molar-refractivity contribution is 9.10. The number of hydrogen-bond acceptors (Lipinski definition) is 5. The third-order valence-corrected chi connectivity index (χ3v) is 9.23. The Morgan fingerprint density at radius 2 is 1.49 bits per heavy atom. The lowest BCUT2D eigenvalue weighted by Gasteiger charge is -2.39. The minimum Gasteiger partial charge on any atom is -0.440 e. The first-order valence-corrected chi connectivity index (χ1v) is 15.0. The minimum absolute atomic E-state index is 0.0149. The summed E-state index contributed by atoms with van der Waals surface area (Å²) < 4.78 is 23.5. The highest BCUT2D eigenvalue weighted by atomic mass is 79.9. The van der Waals surface area contributed by atoms with Gasteiger partial charge in [0.2, 0.25) is 5.22 Å². The molecule has 7 rings (SSSR count). The number of hydrogen-bond donors (Lipinski definition) is 1. The summed E-state index contributed by atoms with van der Waals surface area (Å²) in [5.74, 6) is -0.235. The molecule has 5 aromatic rings. The normalized spacial score (nSPS) is 14.2. The molecule has 0 bridgehead atoms. The molecule has 4 aromatic carbocycles. The Hall–Kier alpha value is -4.11. The molecule has 214 valence electrons. The van der Waals surface area contributed by atoms with Gasteiger partial charge in [-0.3, -0.25) is 0 Å². The van der Waals surface area contributed by atoms with Gasteiger partial charge in [-0.25, -0.2) is 14.4 Å². The second-order valence-electron chi connectivity index (χ2n) is 10.1. The molecule has 0 aliphatic carbocycles. The average molecular weight is 675 g/mol. The summed E-state index contributed by atoms with van der Waals surface area (Å²) in [5.41, 5.74) is 4.17. The van der Waals surface area contributed by atoms with Crippen molar-refractivity contribution in [3.05, 3.63) is 158 Å². The molecule has 0 unspecified atom stereocenters. The number of anilines is 1. The molecule has 2 aliphatic heterocycles. The largest absolute Gasteiger partial charge is 0.440 e. The lowest BCUT2D eigenvalue weighted by atomic mass is 9.76. The van der Waals surface area contributed by atoms with Crippen molar-refractivity contribution >= 4 is 50.7 Å². The second kappa shape index (κ2) is 11.2. The number of benzene rings is 4. The van der Waals surface area contributed by atoms with Crippen molar-refractivity contribution in [2.75, 3.05) is 12.0 Å². The topological polar surface area (TPSA) is 54.7 Å². The molecule has 6 nitrogen and oxygen atoms in total. The molecule has 0 spiro atoms. The molecule has 1 aromatic heterocycles. The zero-order chi connectivity index (χ0) is 29.6. The Bertz CT molecular complexity index is 1780. The van der Waals surface area contributed by atoms with E-state index in [9.17, 15) is 0 Å². The first-order chi connectivity index (χ1) is 21.0. The molecule has 0 saturated carbocycles. The van der Waals surface area contributed by atoms with Gasteiger partial charge in [0.25, 0.3) is 0 Å². The highest BCUT2D eigenvalue weighted by Gasteiger charge is 2.40. The number of imidazole rings is 1. The average Bonchev–Trinajstić information content (AvgIpc) is 3.45. The van der Waals surface area contributed by atoms with Gasteiger partial charge in [-0.1, -0.05) is 103 Å². The number of amidine groups is 1. The fourth-order valence-electron chi connectivity index (χ4n) is 5.92. The molecular weight excluding hydrogens is 652 g/mol. The molecule has 0 radical (unpaired) electrons. The fraction of sp³-hybridized carbons (Fsp3) is 0.0909. The molecule has 10 heteroatoms. The summed E-state index contributed by atoms with van der Waals surface area (Å²) in [7, 11) is 0. The number of ether oxygens (including phenoxy) is 1. The quantitative estimate of drug-likeness (QED) is 0.145. The van der Waals surface area contributed by atoms with E-state index in [1.54, 1.807) is 6.20 Å². The van der Waals surface area contributed by atoms with Crippen LogP contribution in [0.25, 0.3) is 0 Å². The predicted molar refractivity (Wildman–Crippen MR) is 171 cm³/mol. The van der Waals surface area contributed by atoms with Gasteiger partial charge in [0, 0.05) is 0 Å². The Labute approximate surface area is 266 Å². The van der Waals surface area contributed by atoms with Gasteiger partial charge in [0.05, 0.1) is 51.7 Å². The summed E-state index contributed by atoms with van der Waals surface area (Å²) >= 11 is 16.4. The van der Waals surface area contributed by atoms with E-state index in [0.29, 0.717) is 23.6 Å². The Kier molecular flexibility index (Phi) is 7.21. The van der Waals surface area contributed by atoms with E-state index in [0.717, 1.165) is 22.4 Å². The van der Waals surface area contributed by atoms with Crippen LogP contribution in [-0.4, -0.2) is 27.0 Å². The maximum Gasteiger partial charge on any atom is 0.210 e. The molecule has 0 atom stereocenters. The first kappa shape index (κ1) is 27.7.